The molecule has 0 aromatic carbocycles. The Morgan fingerprint density at radius 1 is 0.757 bits per heavy atom. The maximum Gasteiger partial charge on any atom is 1.00 e. The molecule has 13 rings (SSSR count). The van der Waals surface area contributed by atoms with E-state index in [1.165, 1.54) is 24.2 Å². The summed E-state index contributed by atoms with van der Waals surface area (Å²) in [5.41, 5.74) is 22.7. The summed E-state index contributed by atoms with van der Waals surface area (Å²) in [6.45, 7) is 24.8. The predicted molar refractivity (Wildman–Crippen MR) is 263 cm³/mol. The molecule has 3 aliphatic heterocycles. The van der Waals surface area contributed by atoms with E-state index in [-0.39, 0.29) is 104 Å². The molecule has 12 aliphatic rings. The number of terminal acetylenes is 1. The number of aromatic nitrogens is 3. The molecule has 9 aliphatic carbocycles. The summed E-state index contributed by atoms with van der Waals surface area (Å²) in [5, 5.41) is 11.6. The molecular formula is C44H68B3Cl3N9NaO10. The number of carbonyl (C=O) groups excluding carboxylic acids is 2. The van der Waals surface area contributed by atoms with Crippen molar-refractivity contribution in [3.63, 3.8) is 0 Å². The van der Waals surface area contributed by atoms with Crippen molar-refractivity contribution in [1.82, 2.24) is 15.0 Å². The zero-order valence-electron chi connectivity index (χ0n) is 42.8. The summed E-state index contributed by atoms with van der Waals surface area (Å²) >= 11 is 15.3. The Morgan fingerprint density at radius 2 is 1.16 bits per heavy atom. The second-order valence-electron chi connectivity index (χ2n) is 21.4. The Balaban J connectivity index is 0.000000206. The van der Waals surface area contributed by atoms with Crippen LogP contribution in [0.5, 0.6) is 0 Å². The molecule has 1 aromatic rings. The third-order valence-electron chi connectivity index (χ3n) is 17.2. The number of rotatable bonds is 8. The smallest absolute Gasteiger partial charge is 0.461 e. The van der Waals surface area contributed by atoms with Gasteiger partial charge < -0.3 is 48.5 Å². The number of hydrogen-bond donors (Lipinski definition) is 0. The van der Waals surface area contributed by atoms with E-state index in [1.54, 1.807) is 30.6 Å². The van der Waals surface area contributed by atoms with Gasteiger partial charge >= 0.3 is 62.9 Å². The van der Waals surface area contributed by atoms with Gasteiger partial charge in [-0.25, -0.2) is 9.59 Å². The number of alkyl halides is 3. The molecule has 70 heavy (non-hydrogen) atoms. The van der Waals surface area contributed by atoms with Gasteiger partial charge in [0, 0.05) is 10.8 Å². The average Bonchev–Trinajstić information content (AvgIpc) is 4.08. The first-order valence-corrected chi connectivity index (χ1v) is 25.4. The van der Waals surface area contributed by atoms with Crippen molar-refractivity contribution in [2.24, 2.45) is 56.9 Å². The van der Waals surface area contributed by atoms with E-state index in [1.807, 2.05) is 0 Å². The van der Waals surface area contributed by atoms with Gasteiger partial charge in [0.1, 0.15) is 0 Å². The number of nitrogens with zero attached hydrogens (tertiary/aromatic N) is 9. The molecule has 380 valence electrons. The van der Waals surface area contributed by atoms with E-state index < -0.39 is 11.9 Å². The number of esters is 2. The summed E-state index contributed by atoms with van der Waals surface area (Å²) in [6, 6.07) is 0. The van der Waals surface area contributed by atoms with Crippen LogP contribution in [-0.2, 0) is 48.6 Å². The number of halogens is 3. The summed E-state index contributed by atoms with van der Waals surface area (Å²) in [7, 11) is -0.889. The minimum absolute atomic E-state index is 0. The fourth-order valence-corrected chi connectivity index (χ4v) is 13.3. The molecule has 0 N–H and O–H groups in total. The quantitative estimate of drug-likeness (QED) is 0.0410. The predicted octanol–water partition coefficient (Wildman–Crippen LogP) is 6.25. The molecule has 0 spiro atoms. The molecule has 3 saturated heterocycles. The van der Waals surface area contributed by atoms with Crippen molar-refractivity contribution in [3.8, 4) is 12.3 Å². The topological polar surface area (TPSA) is 246 Å². The molecular weight excluding hydrogens is 976 g/mol. The summed E-state index contributed by atoms with van der Waals surface area (Å²) < 4.78 is 47.1. The van der Waals surface area contributed by atoms with Crippen molar-refractivity contribution < 1.29 is 76.5 Å². The van der Waals surface area contributed by atoms with E-state index in [0.717, 1.165) is 37.0 Å². The Labute approximate surface area is 451 Å². The van der Waals surface area contributed by atoms with Crippen LogP contribution in [0.2, 0.25) is 0 Å². The van der Waals surface area contributed by atoms with Crippen LogP contribution >= 0.6 is 34.8 Å². The normalized spacial score (nSPS) is 35.6. The maximum absolute atomic E-state index is 11.7. The maximum atomic E-state index is 11.7. The van der Waals surface area contributed by atoms with Crippen molar-refractivity contribution in [2.45, 2.75) is 156 Å². The monoisotopic (exact) mass is 1040 g/mol. The summed E-state index contributed by atoms with van der Waals surface area (Å²) in [6.07, 6.45) is 14.6. The van der Waals surface area contributed by atoms with E-state index >= 15 is 0 Å². The minimum atomic E-state index is -0.595. The summed E-state index contributed by atoms with van der Waals surface area (Å²) in [4.78, 5) is 25.9. The Hall–Kier alpha value is -1.92. The molecule has 9 unspecified atom stereocenters. The van der Waals surface area contributed by atoms with Gasteiger partial charge in [-0.2, -0.15) is 0 Å². The first-order valence-electron chi connectivity index (χ1n) is 23.8. The van der Waals surface area contributed by atoms with Gasteiger partial charge in [0.25, 0.3) is 0 Å². The zero-order chi connectivity index (χ0) is 51.3. The Morgan fingerprint density at radius 3 is 1.53 bits per heavy atom. The minimum Gasteiger partial charge on any atom is -0.461 e. The SMILES string of the molecule is C#CC(=O)OCC.CC1(C)C2CC3OB(CCl)O[C@@]3(C)C1C2.CC1(C)C2CC3OB(CN=[N+]=[N-])O[C@@]3(C)C1C2.CCOC(=O)c1cn(CB2OC3CC4CC(C4(C)C)[C@]3(C)O2)nn1.ClCCl.[N-]=[N+]=[N-].[Na+]. The van der Waals surface area contributed by atoms with Crippen LogP contribution in [-0.4, -0.2) is 114 Å². The van der Waals surface area contributed by atoms with E-state index in [0.29, 0.717) is 59.4 Å². The van der Waals surface area contributed by atoms with Crippen LogP contribution < -0.4 is 29.6 Å². The van der Waals surface area contributed by atoms with Crippen LogP contribution in [0, 0.1) is 64.1 Å². The molecule has 26 heteroatoms. The van der Waals surface area contributed by atoms with E-state index in [4.69, 9.17) is 84.1 Å². The van der Waals surface area contributed by atoms with Crippen LogP contribution in [0.1, 0.15) is 125 Å². The molecule has 9 saturated carbocycles. The van der Waals surface area contributed by atoms with Crippen molar-refractivity contribution in [3.05, 3.63) is 38.3 Å². The number of carbonyl (C=O) groups is 2. The first kappa shape index (κ1) is 60.6. The van der Waals surface area contributed by atoms with Gasteiger partial charge in [-0.1, -0.05) is 51.9 Å². The molecule has 4 heterocycles. The van der Waals surface area contributed by atoms with Crippen molar-refractivity contribution in [2.75, 3.05) is 30.8 Å². The van der Waals surface area contributed by atoms with Crippen molar-refractivity contribution in [1.29, 1.82) is 0 Å². The van der Waals surface area contributed by atoms with Gasteiger partial charge in [0.15, 0.2) is 5.69 Å². The standard InChI is InChI=1S/C16H24BN3O4.C11H18BClO2.C11H18BN3O2.C5H6O2.CH2Cl2.N3.Na/c1-5-22-14(21)11-8-20(19-18-11)9-17-23-13-7-10-6-12(15(10,2)3)16(13,4)24-17;1-10(2)7-4-8(10)11(3)9(5-7)14-12(6-13)15-11;1-10(2)7-4-8(10)11(3)9(5-7)16-12(17-11)6-14-15-13;1-3-5(6)7-4-2;2-1-3;1-3-2;/h8,10,12-13H,5-7,9H2,1-4H3;7-9H,4-6H2,1-3H3;7-9H,4-6H2,1-3H3;1H,4H2,2H3;1H2;;/q;;;;;-1;+1/t10?,12?,13?,16-;2*7?,8?,9?,11-;;;;/m000..../s1. The fraction of sp³-hybridized carbons (Fsp3) is 0.864. The fourth-order valence-electron chi connectivity index (χ4n) is 13.2. The van der Waals surface area contributed by atoms with Gasteiger partial charge in [-0.05, 0) is 130 Å². The van der Waals surface area contributed by atoms with Crippen LogP contribution in [0.3, 0.4) is 0 Å². The van der Waals surface area contributed by atoms with Crippen molar-refractivity contribution >= 4 is 68.1 Å². The summed E-state index contributed by atoms with van der Waals surface area (Å²) in [5.74, 6) is 5.24. The van der Waals surface area contributed by atoms with Gasteiger partial charge in [-0.3, -0.25) is 9.59 Å². The second kappa shape index (κ2) is 24.6. The average molecular weight is 1040 g/mol. The second-order valence-corrected chi connectivity index (χ2v) is 22.5. The third-order valence-corrected chi connectivity index (χ3v) is 17.4. The zero-order valence-corrected chi connectivity index (χ0v) is 47.1. The number of hydrogen-bond acceptors (Lipinski definition) is 13. The largest absolute Gasteiger partial charge is 1.00 e. The number of azide groups is 1. The van der Waals surface area contributed by atoms with E-state index in [2.05, 4.69) is 93.8 Å². The van der Waals surface area contributed by atoms with Crippen LogP contribution in [0.25, 0.3) is 26.4 Å². The van der Waals surface area contributed by atoms with Gasteiger partial charge in [0.05, 0.1) is 78.5 Å². The molecule has 0 amide bonds. The Bertz CT molecular complexity index is 2100. The molecule has 6 bridgehead atoms. The van der Waals surface area contributed by atoms with Gasteiger partial charge in [0.2, 0.25) is 0 Å². The van der Waals surface area contributed by atoms with Crippen LogP contribution in [0.4, 0.5) is 0 Å². The number of ether oxygens (including phenoxy) is 2. The Kier molecular flexibility index (Phi) is 21.3. The van der Waals surface area contributed by atoms with Gasteiger partial charge in [-0.15, -0.1) is 46.3 Å². The third kappa shape index (κ3) is 12.1. The molecule has 1 aromatic heterocycles. The molecule has 12 fully saturated rings. The molecule has 19 nitrogen and oxygen atoms in total. The van der Waals surface area contributed by atoms with Crippen LogP contribution in [0.15, 0.2) is 11.3 Å². The first-order chi connectivity index (χ1) is 32.4. The molecule has 12 atom stereocenters. The molecule has 0 radical (unpaired) electrons. The van der Waals surface area contributed by atoms with E-state index in [9.17, 15) is 9.59 Å².